The number of aliphatic hydroxyl groups is 1. The highest BCUT2D eigenvalue weighted by Gasteiger charge is 2.26. The van der Waals surface area contributed by atoms with Gasteiger partial charge in [-0.3, -0.25) is 0 Å². The molecule has 1 aromatic carbocycles. The molecule has 0 atom stereocenters. The molecule has 1 aliphatic carbocycles. The van der Waals surface area contributed by atoms with Crippen LogP contribution in [-0.2, 0) is 6.42 Å². The summed E-state index contributed by atoms with van der Waals surface area (Å²) in [5, 5.41) is 12.3. The van der Waals surface area contributed by atoms with Gasteiger partial charge in [0.2, 0.25) is 0 Å². The van der Waals surface area contributed by atoms with E-state index in [4.69, 9.17) is 0 Å². The Kier molecular flexibility index (Phi) is 5.83. The van der Waals surface area contributed by atoms with Crippen LogP contribution in [0.15, 0.2) is 18.2 Å². The highest BCUT2D eigenvalue weighted by atomic mass is 16.3. The number of nitrogens with zero attached hydrogens (tertiary/aromatic N) is 1. The van der Waals surface area contributed by atoms with Crippen LogP contribution in [0.2, 0.25) is 0 Å². The van der Waals surface area contributed by atoms with Gasteiger partial charge in [-0.15, -0.1) is 0 Å². The number of hydrogen-bond donors (Lipinski definition) is 2. The van der Waals surface area contributed by atoms with E-state index in [0.29, 0.717) is 5.92 Å². The molecule has 1 saturated carbocycles. The number of hydrogen-bond acceptors (Lipinski definition) is 2. The Hall–Kier alpha value is -1.55. The van der Waals surface area contributed by atoms with Crippen molar-refractivity contribution < 1.29 is 9.90 Å². The third-order valence-electron chi connectivity index (χ3n) is 4.91. The maximum absolute atomic E-state index is 12.5. The van der Waals surface area contributed by atoms with E-state index < -0.39 is 0 Å². The molecule has 2 rings (SSSR count). The molecule has 0 heterocycles. The lowest BCUT2D eigenvalue weighted by Gasteiger charge is -2.34. The maximum atomic E-state index is 12.5. The second-order valence-corrected chi connectivity index (χ2v) is 6.36. The average molecular weight is 304 g/mol. The molecule has 0 aromatic heterocycles. The molecule has 0 unspecified atom stereocenters. The van der Waals surface area contributed by atoms with Crippen LogP contribution >= 0.6 is 0 Å². The summed E-state index contributed by atoms with van der Waals surface area (Å²) in [5.41, 5.74) is 3.22. The van der Waals surface area contributed by atoms with Crippen LogP contribution in [0.3, 0.4) is 0 Å². The van der Waals surface area contributed by atoms with Crippen molar-refractivity contribution in [3.8, 4) is 0 Å². The van der Waals surface area contributed by atoms with E-state index >= 15 is 0 Å². The zero-order valence-corrected chi connectivity index (χ0v) is 13.9. The molecule has 122 valence electrons. The summed E-state index contributed by atoms with van der Waals surface area (Å²) < 4.78 is 0. The first-order chi connectivity index (χ1) is 10.6. The second kappa shape index (κ2) is 7.63. The molecule has 0 bridgehead atoms. The number of urea groups is 1. The summed E-state index contributed by atoms with van der Waals surface area (Å²) in [4.78, 5) is 14.4. The fourth-order valence-electron chi connectivity index (χ4n) is 3.28. The van der Waals surface area contributed by atoms with Gasteiger partial charge in [0.1, 0.15) is 0 Å². The Balaban J connectivity index is 2.00. The molecule has 1 aromatic rings. The highest BCUT2D eigenvalue weighted by Crippen LogP contribution is 2.27. The molecule has 0 aliphatic heterocycles. The first-order valence-electron chi connectivity index (χ1n) is 8.30. The Morgan fingerprint density at radius 2 is 2.00 bits per heavy atom. The van der Waals surface area contributed by atoms with E-state index in [9.17, 15) is 9.90 Å². The number of aliphatic hydroxyl groups excluding tert-OH is 1. The number of para-hydroxylation sites is 1. The van der Waals surface area contributed by atoms with Crippen LogP contribution in [0.4, 0.5) is 10.5 Å². The normalized spacial score (nSPS) is 21.5. The van der Waals surface area contributed by atoms with Gasteiger partial charge in [-0.2, -0.15) is 0 Å². The van der Waals surface area contributed by atoms with Crippen molar-refractivity contribution in [1.82, 2.24) is 4.90 Å². The van der Waals surface area contributed by atoms with Crippen LogP contribution in [-0.4, -0.2) is 35.7 Å². The van der Waals surface area contributed by atoms with E-state index in [1.54, 1.807) is 0 Å². The van der Waals surface area contributed by atoms with Gasteiger partial charge < -0.3 is 15.3 Å². The largest absolute Gasteiger partial charge is 0.396 e. The highest BCUT2D eigenvalue weighted by molar-refractivity contribution is 5.91. The predicted octanol–water partition coefficient (Wildman–Crippen LogP) is 3.57. The molecule has 1 aliphatic rings. The number of amides is 2. The third kappa shape index (κ3) is 3.80. The summed E-state index contributed by atoms with van der Waals surface area (Å²) in [6, 6.07) is 6.37. The fraction of sp³-hybridized carbons (Fsp3) is 0.611. The molecular formula is C18H28N2O2. The summed E-state index contributed by atoms with van der Waals surface area (Å²) in [5.74, 6) is 0.413. The Bertz CT molecular complexity index is 508. The number of carbonyl (C=O) groups excluding carboxylic acids is 1. The number of carbonyl (C=O) groups is 1. The SMILES string of the molecule is CCc1cccc(C)c1NC(=O)N(C)C1CCC(CO)CC1. The molecule has 2 N–H and O–H groups in total. The van der Waals surface area contributed by atoms with Crippen molar-refractivity contribution in [1.29, 1.82) is 0 Å². The van der Waals surface area contributed by atoms with Crippen molar-refractivity contribution in [2.45, 2.75) is 52.0 Å². The summed E-state index contributed by atoms with van der Waals surface area (Å²) in [7, 11) is 1.88. The molecule has 0 radical (unpaired) electrons. The minimum atomic E-state index is -0.0311. The number of anilines is 1. The van der Waals surface area contributed by atoms with Crippen LogP contribution < -0.4 is 5.32 Å². The van der Waals surface area contributed by atoms with Crippen molar-refractivity contribution >= 4 is 11.7 Å². The average Bonchev–Trinajstić information content (AvgIpc) is 2.56. The minimum absolute atomic E-state index is 0.0311. The van der Waals surface area contributed by atoms with E-state index in [0.717, 1.165) is 43.4 Å². The smallest absolute Gasteiger partial charge is 0.321 e. The third-order valence-corrected chi connectivity index (χ3v) is 4.91. The number of rotatable bonds is 4. The molecule has 0 saturated heterocycles. The summed E-state index contributed by atoms with van der Waals surface area (Å²) in [6.07, 6.45) is 4.86. The number of aryl methyl sites for hydroxylation is 2. The van der Waals surface area contributed by atoms with Crippen LogP contribution in [0.25, 0.3) is 0 Å². The lowest BCUT2D eigenvalue weighted by atomic mass is 9.86. The fourth-order valence-corrected chi connectivity index (χ4v) is 3.28. The Labute approximate surface area is 133 Å². The van der Waals surface area contributed by atoms with Gasteiger partial charge in [0.15, 0.2) is 0 Å². The van der Waals surface area contributed by atoms with E-state index in [1.165, 1.54) is 5.56 Å². The van der Waals surface area contributed by atoms with E-state index in [-0.39, 0.29) is 18.7 Å². The van der Waals surface area contributed by atoms with Crippen LogP contribution in [0.5, 0.6) is 0 Å². The second-order valence-electron chi connectivity index (χ2n) is 6.36. The standard InChI is InChI=1S/C18H28N2O2/c1-4-15-7-5-6-13(2)17(15)19-18(22)20(3)16-10-8-14(12-21)9-11-16/h5-7,14,16,21H,4,8-12H2,1-3H3,(H,19,22). The molecule has 22 heavy (non-hydrogen) atoms. The predicted molar refractivity (Wildman–Crippen MR) is 90.2 cm³/mol. The van der Waals surface area contributed by atoms with Crippen molar-refractivity contribution in [3.05, 3.63) is 29.3 Å². The van der Waals surface area contributed by atoms with Gasteiger partial charge in [0.25, 0.3) is 0 Å². The van der Waals surface area contributed by atoms with Crippen LogP contribution in [0, 0.1) is 12.8 Å². The number of benzene rings is 1. The monoisotopic (exact) mass is 304 g/mol. The summed E-state index contributed by atoms with van der Waals surface area (Å²) >= 11 is 0. The van der Waals surface area contributed by atoms with Crippen molar-refractivity contribution in [2.75, 3.05) is 19.0 Å². The van der Waals surface area contributed by atoms with E-state index in [2.05, 4.69) is 18.3 Å². The molecule has 4 nitrogen and oxygen atoms in total. The van der Waals surface area contributed by atoms with Gasteiger partial charge in [-0.05, 0) is 56.1 Å². The first kappa shape index (κ1) is 16.8. The van der Waals surface area contributed by atoms with E-state index in [1.807, 2.05) is 31.0 Å². The topological polar surface area (TPSA) is 52.6 Å². The van der Waals surface area contributed by atoms with Gasteiger partial charge in [-0.1, -0.05) is 25.1 Å². The quantitative estimate of drug-likeness (QED) is 0.893. The van der Waals surface area contributed by atoms with Crippen LogP contribution in [0.1, 0.15) is 43.7 Å². The van der Waals surface area contributed by atoms with Gasteiger partial charge >= 0.3 is 6.03 Å². The van der Waals surface area contributed by atoms with Gasteiger partial charge in [0, 0.05) is 25.4 Å². The van der Waals surface area contributed by atoms with Crippen molar-refractivity contribution in [2.24, 2.45) is 5.92 Å². The van der Waals surface area contributed by atoms with Crippen molar-refractivity contribution in [3.63, 3.8) is 0 Å². The number of nitrogens with one attached hydrogen (secondary N) is 1. The summed E-state index contributed by atoms with van der Waals surface area (Å²) in [6.45, 7) is 4.40. The molecule has 2 amide bonds. The molecule has 1 fully saturated rings. The Morgan fingerprint density at radius 1 is 1.32 bits per heavy atom. The minimum Gasteiger partial charge on any atom is -0.396 e. The first-order valence-corrected chi connectivity index (χ1v) is 8.30. The maximum Gasteiger partial charge on any atom is 0.321 e. The molecule has 4 heteroatoms. The van der Waals surface area contributed by atoms with Gasteiger partial charge in [0.05, 0.1) is 0 Å². The molecule has 0 spiro atoms. The Morgan fingerprint density at radius 3 is 2.59 bits per heavy atom. The molecular weight excluding hydrogens is 276 g/mol. The lowest BCUT2D eigenvalue weighted by Crippen LogP contribution is -2.42. The lowest BCUT2D eigenvalue weighted by molar-refractivity contribution is 0.139. The van der Waals surface area contributed by atoms with Gasteiger partial charge in [-0.25, -0.2) is 4.79 Å². The zero-order valence-electron chi connectivity index (χ0n) is 13.9. The zero-order chi connectivity index (χ0) is 16.1.